The number of methoxy groups -OCH3 is 1. The van der Waals surface area contributed by atoms with Crippen molar-refractivity contribution in [3.63, 3.8) is 0 Å². The fourth-order valence-electron chi connectivity index (χ4n) is 4.70. The molecule has 1 atom stereocenters. The number of allylic oxidation sites excluding steroid dienone is 1. The molecule has 258 valence electrons. The first-order valence-electron chi connectivity index (χ1n) is 14.9. The second-order valence-corrected chi connectivity index (χ2v) is 10.7. The van der Waals surface area contributed by atoms with E-state index in [1.165, 1.54) is 25.5 Å². The summed E-state index contributed by atoms with van der Waals surface area (Å²) in [7, 11) is 1.42. The molecule has 1 aliphatic rings. The van der Waals surface area contributed by atoms with Crippen molar-refractivity contribution in [1.82, 2.24) is 16.1 Å². The quantitative estimate of drug-likeness (QED) is 0.0849. The van der Waals surface area contributed by atoms with Crippen molar-refractivity contribution in [2.45, 2.75) is 33.4 Å². The number of halogens is 1. The van der Waals surface area contributed by atoms with E-state index in [9.17, 15) is 24.5 Å². The van der Waals surface area contributed by atoms with Gasteiger partial charge in [-0.1, -0.05) is 17.7 Å². The van der Waals surface area contributed by atoms with Crippen molar-refractivity contribution >= 4 is 41.4 Å². The van der Waals surface area contributed by atoms with Crippen molar-refractivity contribution < 1.29 is 43.0 Å². The molecule has 3 aromatic rings. The van der Waals surface area contributed by atoms with E-state index in [-0.39, 0.29) is 46.7 Å². The summed E-state index contributed by atoms with van der Waals surface area (Å²) in [4.78, 5) is 47.8. The van der Waals surface area contributed by atoms with Gasteiger partial charge in [0.15, 0.2) is 29.6 Å². The van der Waals surface area contributed by atoms with Crippen LogP contribution in [0, 0.1) is 10.1 Å². The lowest BCUT2D eigenvalue weighted by Crippen LogP contribution is -2.45. The lowest BCUT2D eigenvalue weighted by atomic mass is 9.95. The highest BCUT2D eigenvalue weighted by atomic mass is 35.5. The molecule has 0 saturated carbocycles. The van der Waals surface area contributed by atoms with Gasteiger partial charge in [-0.25, -0.2) is 15.0 Å². The van der Waals surface area contributed by atoms with Gasteiger partial charge in [0.1, 0.15) is 6.61 Å². The normalized spacial score (nSPS) is 14.1. The third-order valence-electron chi connectivity index (χ3n) is 6.91. The number of nitro benzene ring substituents is 1. The van der Waals surface area contributed by atoms with Crippen LogP contribution in [0.25, 0.3) is 0 Å². The van der Waals surface area contributed by atoms with Crippen LogP contribution in [0.1, 0.15) is 43.5 Å². The van der Waals surface area contributed by atoms with Gasteiger partial charge in [0.25, 0.3) is 11.6 Å². The number of nitrogens with one attached hydrogen (secondary N) is 3. The SMILES string of the molecule is CCOC(=O)C1=C(C)NC(=O)N[C@H]1c1ccc(OCC(=O)N/N=C\c2cc(Cl)c(OCc3ccc([N+](=O)[O-])cc3)c(OCC)c2)c(OC)c1. The standard InChI is InChI=1S/C33H34ClN5O10/c1-5-46-27-14-21(13-24(34)31(27)49-17-20-7-10-23(11-8-20)39(43)44)16-35-38-28(40)18-48-25-12-9-22(15-26(25)45-4)30-29(32(41)47-6-2)19(3)36-33(42)37-30/h7-16,30H,5-6,17-18H2,1-4H3,(H,38,40)(H2,36,37,42)/b35-16-/t30-/m0/s1. The number of nitrogens with zero attached hydrogens (tertiary/aromatic N) is 2. The van der Waals surface area contributed by atoms with Crippen molar-refractivity contribution in [3.8, 4) is 23.0 Å². The molecule has 16 heteroatoms. The maximum atomic E-state index is 12.6. The predicted octanol–water partition coefficient (Wildman–Crippen LogP) is 4.95. The number of ether oxygens (including phenoxy) is 5. The molecule has 0 unspecified atom stereocenters. The maximum absolute atomic E-state index is 12.6. The van der Waals surface area contributed by atoms with E-state index in [0.717, 1.165) is 0 Å². The average molecular weight is 696 g/mol. The topological polar surface area (TPSA) is 189 Å². The fourth-order valence-corrected chi connectivity index (χ4v) is 4.97. The van der Waals surface area contributed by atoms with Crippen LogP contribution in [-0.4, -0.2) is 56.0 Å². The van der Waals surface area contributed by atoms with E-state index in [2.05, 4.69) is 21.2 Å². The number of carbonyl (C=O) groups is 3. The molecule has 0 fully saturated rings. The first-order valence-corrected chi connectivity index (χ1v) is 15.3. The smallest absolute Gasteiger partial charge is 0.338 e. The van der Waals surface area contributed by atoms with Crippen molar-refractivity contribution in [3.05, 3.63) is 97.7 Å². The summed E-state index contributed by atoms with van der Waals surface area (Å²) in [5.41, 5.74) is 4.69. The van der Waals surface area contributed by atoms with Crippen LogP contribution >= 0.6 is 11.6 Å². The monoisotopic (exact) mass is 695 g/mol. The number of non-ortho nitro benzene ring substituents is 1. The fraction of sp³-hybridized carbons (Fsp3) is 0.273. The van der Waals surface area contributed by atoms with Gasteiger partial charge in [-0.05, 0) is 73.9 Å². The van der Waals surface area contributed by atoms with E-state index in [1.807, 2.05) is 0 Å². The van der Waals surface area contributed by atoms with Crippen LogP contribution in [0.5, 0.6) is 23.0 Å². The second-order valence-electron chi connectivity index (χ2n) is 10.3. The summed E-state index contributed by atoms with van der Waals surface area (Å²) in [5, 5.41) is 20.4. The van der Waals surface area contributed by atoms with Gasteiger partial charge < -0.3 is 34.3 Å². The predicted molar refractivity (Wildman–Crippen MR) is 178 cm³/mol. The minimum Gasteiger partial charge on any atom is -0.493 e. The molecule has 0 spiro atoms. The number of urea groups is 1. The van der Waals surface area contributed by atoms with E-state index >= 15 is 0 Å². The van der Waals surface area contributed by atoms with Crippen molar-refractivity contribution in [1.29, 1.82) is 0 Å². The zero-order valence-corrected chi connectivity index (χ0v) is 27.8. The Labute approximate surface area is 286 Å². The summed E-state index contributed by atoms with van der Waals surface area (Å²) in [5.74, 6) is -0.0301. The number of carbonyl (C=O) groups excluding carboxylic acids is 3. The molecule has 49 heavy (non-hydrogen) atoms. The van der Waals surface area contributed by atoms with E-state index in [1.54, 1.807) is 63.2 Å². The molecule has 3 amide bonds. The van der Waals surface area contributed by atoms with Crippen molar-refractivity contribution in [2.75, 3.05) is 26.9 Å². The number of benzene rings is 3. The molecule has 3 N–H and O–H groups in total. The number of rotatable bonds is 15. The Balaban J connectivity index is 1.38. The van der Waals surface area contributed by atoms with Crippen molar-refractivity contribution in [2.24, 2.45) is 5.10 Å². The minimum atomic E-state index is -0.805. The third-order valence-corrected chi connectivity index (χ3v) is 7.19. The molecule has 1 aliphatic heterocycles. The highest BCUT2D eigenvalue weighted by Gasteiger charge is 2.32. The minimum absolute atomic E-state index is 0.0298. The summed E-state index contributed by atoms with van der Waals surface area (Å²) in [6, 6.07) is 12.6. The van der Waals surface area contributed by atoms with Crippen LogP contribution in [0.2, 0.25) is 5.02 Å². The number of nitro groups is 1. The molecule has 3 aromatic carbocycles. The number of amides is 3. The molecule has 0 aromatic heterocycles. The third kappa shape index (κ3) is 9.38. The number of hydrogen-bond donors (Lipinski definition) is 3. The summed E-state index contributed by atoms with van der Waals surface area (Å²) in [6.45, 7) is 5.25. The summed E-state index contributed by atoms with van der Waals surface area (Å²) >= 11 is 6.48. The van der Waals surface area contributed by atoms with Gasteiger partial charge in [-0.3, -0.25) is 14.9 Å². The van der Waals surface area contributed by atoms with E-state index in [0.29, 0.717) is 34.7 Å². The van der Waals surface area contributed by atoms with Crippen LogP contribution < -0.4 is 35.0 Å². The first-order chi connectivity index (χ1) is 23.5. The summed E-state index contributed by atoms with van der Waals surface area (Å²) in [6.07, 6.45) is 1.37. The molecular weight excluding hydrogens is 662 g/mol. The highest BCUT2D eigenvalue weighted by molar-refractivity contribution is 6.32. The zero-order chi connectivity index (χ0) is 35.5. The summed E-state index contributed by atoms with van der Waals surface area (Å²) < 4.78 is 27.8. The van der Waals surface area contributed by atoms with Gasteiger partial charge >= 0.3 is 12.0 Å². The maximum Gasteiger partial charge on any atom is 0.338 e. The molecular formula is C33H34ClN5O10. The molecule has 4 rings (SSSR count). The molecule has 0 aliphatic carbocycles. The molecule has 0 bridgehead atoms. The lowest BCUT2D eigenvalue weighted by molar-refractivity contribution is -0.384. The van der Waals surface area contributed by atoms with Crippen LogP contribution in [-0.2, 0) is 20.9 Å². The number of hydrogen-bond acceptors (Lipinski definition) is 11. The van der Waals surface area contributed by atoms with Gasteiger partial charge in [-0.2, -0.15) is 5.10 Å². The Bertz CT molecular complexity index is 1780. The molecule has 0 radical (unpaired) electrons. The van der Waals surface area contributed by atoms with Gasteiger partial charge in [0.2, 0.25) is 0 Å². The zero-order valence-electron chi connectivity index (χ0n) is 27.0. The Hall–Kier alpha value is -5.83. The Morgan fingerprint density at radius 3 is 2.45 bits per heavy atom. The largest absolute Gasteiger partial charge is 0.493 e. The van der Waals surface area contributed by atoms with Crippen LogP contribution in [0.15, 0.2) is 71.0 Å². The van der Waals surface area contributed by atoms with Crippen LogP contribution in [0.4, 0.5) is 10.5 Å². The number of esters is 1. The molecule has 15 nitrogen and oxygen atoms in total. The van der Waals surface area contributed by atoms with Gasteiger partial charge in [0, 0.05) is 17.8 Å². The molecule has 0 saturated heterocycles. The van der Waals surface area contributed by atoms with E-state index in [4.69, 9.17) is 35.3 Å². The second kappa shape index (κ2) is 16.8. The van der Waals surface area contributed by atoms with Crippen LogP contribution in [0.3, 0.4) is 0 Å². The number of hydrazone groups is 1. The average Bonchev–Trinajstić information content (AvgIpc) is 3.07. The Morgan fingerprint density at radius 2 is 1.78 bits per heavy atom. The Kier molecular flexibility index (Phi) is 12.4. The Morgan fingerprint density at radius 1 is 1.02 bits per heavy atom. The first kappa shape index (κ1) is 36.0. The van der Waals surface area contributed by atoms with E-state index < -0.39 is 35.5 Å². The van der Waals surface area contributed by atoms with Gasteiger partial charge in [-0.15, -0.1) is 0 Å². The highest BCUT2D eigenvalue weighted by Crippen LogP contribution is 2.37. The van der Waals surface area contributed by atoms with Gasteiger partial charge in [0.05, 0.1) is 48.1 Å². The molecule has 1 heterocycles. The lowest BCUT2D eigenvalue weighted by Gasteiger charge is -2.28.